The number of benzene rings is 1. The van der Waals surface area contributed by atoms with Gasteiger partial charge in [-0.1, -0.05) is 11.6 Å². The SMILES string of the molecule is COc1ncc(Cl)cc1S(=O)(=O)Nc1ccc(F)c([C@@H]2CN(C)/C(=C(\C)C(C)=O)CO2)c1F. The summed E-state index contributed by atoms with van der Waals surface area (Å²) in [5, 5.41) is 0.0276. The van der Waals surface area contributed by atoms with E-state index < -0.39 is 43.9 Å². The first-order valence-corrected chi connectivity index (χ1v) is 11.6. The van der Waals surface area contributed by atoms with Gasteiger partial charge in [0.05, 0.1) is 30.0 Å². The molecule has 1 N–H and O–H groups in total. The molecule has 0 amide bonds. The Morgan fingerprint density at radius 3 is 2.64 bits per heavy atom. The number of carbonyl (C=O) groups is 1. The maximum Gasteiger partial charge on any atom is 0.267 e. The van der Waals surface area contributed by atoms with Gasteiger partial charge in [-0.3, -0.25) is 9.52 Å². The number of hydrogen-bond acceptors (Lipinski definition) is 7. The van der Waals surface area contributed by atoms with Crippen molar-refractivity contribution in [1.29, 1.82) is 0 Å². The number of nitrogens with one attached hydrogen (secondary N) is 1. The third-order valence-electron chi connectivity index (χ3n) is 5.24. The van der Waals surface area contributed by atoms with Gasteiger partial charge in [0, 0.05) is 31.1 Å². The molecule has 0 spiro atoms. The van der Waals surface area contributed by atoms with Gasteiger partial charge in [0.1, 0.15) is 11.9 Å². The van der Waals surface area contributed by atoms with Gasteiger partial charge in [0.25, 0.3) is 10.0 Å². The molecule has 0 bridgehead atoms. The van der Waals surface area contributed by atoms with E-state index in [2.05, 4.69) is 9.71 Å². The minimum Gasteiger partial charge on any atom is -0.480 e. The number of sulfonamides is 1. The Balaban J connectivity index is 1.95. The van der Waals surface area contributed by atoms with Crippen LogP contribution in [0.3, 0.4) is 0 Å². The van der Waals surface area contributed by atoms with Crippen molar-refractivity contribution in [3.63, 3.8) is 0 Å². The first-order chi connectivity index (χ1) is 15.5. The summed E-state index contributed by atoms with van der Waals surface area (Å²) in [6.07, 6.45) is 0.161. The normalized spacial score (nSPS) is 18.2. The molecule has 8 nitrogen and oxygen atoms in total. The maximum absolute atomic E-state index is 15.3. The van der Waals surface area contributed by atoms with E-state index in [1.165, 1.54) is 20.2 Å². The Kier molecular flexibility index (Phi) is 7.25. The van der Waals surface area contributed by atoms with E-state index in [-0.39, 0.29) is 29.8 Å². The molecule has 1 fully saturated rings. The van der Waals surface area contributed by atoms with E-state index in [1.54, 1.807) is 18.9 Å². The first-order valence-electron chi connectivity index (χ1n) is 9.70. The fourth-order valence-electron chi connectivity index (χ4n) is 3.37. The number of anilines is 1. The van der Waals surface area contributed by atoms with E-state index in [0.717, 1.165) is 18.2 Å². The van der Waals surface area contributed by atoms with Crippen LogP contribution >= 0.6 is 11.6 Å². The van der Waals surface area contributed by atoms with Crippen LogP contribution in [0.4, 0.5) is 14.5 Å². The predicted molar refractivity (Wildman–Crippen MR) is 118 cm³/mol. The summed E-state index contributed by atoms with van der Waals surface area (Å²) in [6.45, 7) is 3.08. The summed E-state index contributed by atoms with van der Waals surface area (Å²) in [7, 11) is -1.48. The Hall–Kier alpha value is -2.76. The summed E-state index contributed by atoms with van der Waals surface area (Å²) in [4.78, 5) is 16.7. The van der Waals surface area contributed by atoms with E-state index in [1.807, 2.05) is 0 Å². The van der Waals surface area contributed by atoms with Crippen molar-refractivity contribution >= 4 is 33.1 Å². The number of ether oxygens (including phenoxy) is 2. The molecule has 2 heterocycles. The van der Waals surface area contributed by atoms with Gasteiger partial charge < -0.3 is 14.4 Å². The van der Waals surface area contributed by atoms with Crippen LogP contribution in [0.15, 0.2) is 40.6 Å². The Labute approximate surface area is 195 Å². The lowest BCUT2D eigenvalue weighted by Gasteiger charge is -2.35. The molecule has 12 heteroatoms. The second kappa shape index (κ2) is 9.62. The van der Waals surface area contributed by atoms with Crippen molar-refractivity contribution in [2.45, 2.75) is 24.8 Å². The van der Waals surface area contributed by atoms with Crippen molar-refractivity contribution in [2.75, 3.05) is 32.0 Å². The fraction of sp³-hybridized carbons (Fsp3) is 0.333. The van der Waals surface area contributed by atoms with Crippen LogP contribution in [0.2, 0.25) is 5.02 Å². The minimum atomic E-state index is -4.38. The number of Topliss-reactive ketones (excluding diaryl/α,β-unsaturated/α-hetero) is 1. The Morgan fingerprint density at radius 1 is 1.33 bits per heavy atom. The highest BCUT2D eigenvalue weighted by Crippen LogP contribution is 2.34. The van der Waals surface area contributed by atoms with E-state index >= 15 is 4.39 Å². The van der Waals surface area contributed by atoms with Crippen molar-refractivity contribution < 1.29 is 31.5 Å². The average molecular weight is 502 g/mol. The van der Waals surface area contributed by atoms with Gasteiger partial charge >= 0.3 is 0 Å². The quantitative estimate of drug-likeness (QED) is 0.603. The number of pyridine rings is 1. The average Bonchev–Trinajstić information content (AvgIpc) is 2.75. The topological polar surface area (TPSA) is 97.8 Å². The molecular formula is C21H22ClF2N3O5S. The number of hydrogen-bond donors (Lipinski definition) is 1. The summed E-state index contributed by atoms with van der Waals surface area (Å²) in [5.74, 6) is -2.40. The Bertz CT molecular complexity index is 1240. The van der Waals surface area contributed by atoms with Crippen LogP contribution in [-0.4, -0.2) is 51.4 Å². The minimum absolute atomic E-state index is 0.0276. The van der Waals surface area contributed by atoms with Crippen LogP contribution in [0.1, 0.15) is 25.5 Å². The summed E-state index contributed by atoms with van der Waals surface area (Å²) < 4.78 is 68.4. The first kappa shape index (κ1) is 24.9. The number of nitrogens with zero attached hydrogens (tertiary/aromatic N) is 2. The molecule has 1 aromatic heterocycles. The molecule has 1 atom stereocenters. The highest BCUT2D eigenvalue weighted by molar-refractivity contribution is 7.92. The lowest BCUT2D eigenvalue weighted by Crippen LogP contribution is -2.36. The predicted octanol–water partition coefficient (Wildman–Crippen LogP) is 3.69. The van der Waals surface area contributed by atoms with E-state index in [4.69, 9.17) is 21.1 Å². The van der Waals surface area contributed by atoms with Crippen LogP contribution in [0.25, 0.3) is 0 Å². The highest BCUT2D eigenvalue weighted by atomic mass is 35.5. The molecule has 0 radical (unpaired) electrons. The highest BCUT2D eigenvalue weighted by Gasteiger charge is 2.31. The standard InChI is InChI=1S/C21H22ClF2N3O5S/c1-11(12(2)28)16-10-32-17(9-27(16)3)19-14(23)5-6-15(20(19)24)26-33(29,30)18-7-13(22)8-25-21(18)31-4/h5-8,17,26H,9-10H2,1-4H3/b16-11+/t17-/m0/s1. The second-order valence-corrected chi connectivity index (χ2v) is 9.48. The number of likely N-dealkylation sites (N-methyl/N-ethyl adjacent to an activating group) is 1. The third kappa shape index (κ3) is 5.10. The number of carbonyl (C=O) groups excluding carboxylic acids is 1. The van der Waals surface area contributed by atoms with Gasteiger partial charge in [-0.15, -0.1) is 0 Å². The molecule has 0 unspecified atom stereocenters. The van der Waals surface area contributed by atoms with Crippen molar-refractivity contribution in [3.05, 3.63) is 57.9 Å². The second-order valence-electron chi connectivity index (χ2n) is 7.40. The molecular weight excluding hydrogens is 480 g/mol. The van der Waals surface area contributed by atoms with Gasteiger partial charge in [-0.25, -0.2) is 22.2 Å². The molecule has 1 aromatic carbocycles. The number of ketones is 1. The summed E-state index contributed by atoms with van der Waals surface area (Å²) in [5.41, 5.74) is 0.179. The zero-order valence-corrected chi connectivity index (χ0v) is 19.9. The van der Waals surface area contributed by atoms with Crippen LogP contribution in [0.5, 0.6) is 5.88 Å². The van der Waals surface area contributed by atoms with E-state index in [0.29, 0.717) is 11.3 Å². The smallest absolute Gasteiger partial charge is 0.267 e. The number of halogens is 3. The van der Waals surface area contributed by atoms with Crippen molar-refractivity contribution in [2.24, 2.45) is 0 Å². The van der Waals surface area contributed by atoms with Gasteiger partial charge in [0.15, 0.2) is 16.5 Å². The number of rotatable bonds is 6. The molecule has 3 rings (SSSR count). The summed E-state index contributed by atoms with van der Waals surface area (Å²) in [6, 6.07) is 3.01. The van der Waals surface area contributed by atoms with Gasteiger partial charge in [-0.2, -0.15) is 0 Å². The fourth-order valence-corrected chi connectivity index (χ4v) is 4.80. The number of methoxy groups -OCH3 is 1. The summed E-state index contributed by atoms with van der Waals surface area (Å²) >= 11 is 5.85. The monoisotopic (exact) mass is 501 g/mol. The van der Waals surface area contributed by atoms with Gasteiger partial charge in [-0.05, 0) is 32.0 Å². The van der Waals surface area contributed by atoms with Crippen LogP contribution < -0.4 is 9.46 Å². The molecule has 1 aliphatic rings. The van der Waals surface area contributed by atoms with Crippen LogP contribution in [-0.2, 0) is 19.6 Å². The molecule has 2 aromatic rings. The third-order valence-corrected chi connectivity index (χ3v) is 6.81. The number of allylic oxidation sites excluding steroid dienone is 1. The molecule has 1 saturated heterocycles. The Morgan fingerprint density at radius 2 is 2.03 bits per heavy atom. The lowest BCUT2D eigenvalue weighted by atomic mass is 10.0. The van der Waals surface area contributed by atoms with Crippen molar-refractivity contribution in [1.82, 2.24) is 9.88 Å². The zero-order chi connectivity index (χ0) is 24.5. The van der Waals surface area contributed by atoms with Gasteiger partial charge in [0.2, 0.25) is 5.88 Å². The van der Waals surface area contributed by atoms with Crippen LogP contribution in [0, 0.1) is 11.6 Å². The molecule has 178 valence electrons. The lowest BCUT2D eigenvalue weighted by molar-refractivity contribution is -0.113. The largest absolute Gasteiger partial charge is 0.480 e. The molecule has 0 aliphatic carbocycles. The van der Waals surface area contributed by atoms with Crippen molar-refractivity contribution in [3.8, 4) is 5.88 Å². The molecule has 0 saturated carbocycles. The number of morpholine rings is 1. The van der Waals surface area contributed by atoms with E-state index in [9.17, 15) is 17.6 Å². The molecule has 1 aliphatic heterocycles. The number of aromatic nitrogens is 1. The maximum atomic E-state index is 15.3. The zero-order valence-electron chi connectivity index (χ0n) is 18.3. The molecule has 33 heavy (non-hydrogen) atoms.